The Bertz CT molecular complexity index is 661. The zero-order chi connectivity index (χ0) is 13.3. The Labute approximate surface area is 111 Å². The summed E-state index contributed by atoms with van der Waals surface area (Å²) in [6, 6.07) is 8.04. The average molecular weight is 286 g/mol. The van der Waals surface area contributed by atoms with Crippen LogP contribution in [0.25, 0.3) is 10.2 Å². The molecule has 0 spiro atoms. The Morgan fingerprint density at radius 3 is 2.72 bits per heavy atom. The van der Waals surface area contributed by atoms with Crippen LogP contribution < -0.4 is 4.57 Å². The summed E-state index contributed by atoms with van der Waals surface area (Å²) in [7, 11) is -3.93. The first-order valence-corrected chi connectivity index (χ1v) is 8.06. The molecule has 0 aliphatic heterocycles. The SMILES string of the molecule is Cc1sc2ccccc2[n+]1CC[C@@H](C)S(=O)(=O)O. The van der Waals surface area contributed by atoms with Crippen LogP contribution in [0.3, 0.4) is 0 Å². The highest BCUT2D eigenvalue weighted by Gasteiger charge is 2.22. The van der Waals surface area contributed by atoms with Crippen LogP contribution in [0.15, 0.2) is 24.3 Å². The number of rotatable bonds is 4. The fourth-order valence-corrected chi connectivity index (χ4v) is 3.34. The summed E-state index contributed by atoms with van der Waals surface area (Å²) in [6.07, 6.45) is 0.408. The number of benzene rings is 1. The predicted octanol–water partition coefficient (Wildman–Crippen LogP) is 2.16. The number of aryl methyl sites for hydroxylation is 2. The van der Waals surface area contributed by atoms with Crippen molar-refractivity contribution in [3.63, 3.8) is 0 Å². The Kier molecular flexibility index (Phi) is 3.70. The molecular formula is C12H16NO3S2+. The Morgan fingerprint density at radius 1 is 1.39 bits per heavy atom. The molecule has 0 unspecified atom stereocenters. The summed E-state index contributed by atoms with van der Waals surface area (Å²) in [6.45, 7) is 4.14. The molecule has 1 N–H and O–H groups in total. The first-order valence-electron chi connectivity index (χ1n) is 5.74. The van der Waals surface area contributed by atoms with E-state index in [-0.39, 0.29) is 0 Å². The smallest absolute Gasteiger partial charge is 0.267 e. The van der Waals surface area contributed by atoms with Crippen molar-refractivity contribution in [2.45, 2.75) is 32.1 Å². The van der Waals surface area contributed by atoms with Gasteiger partial charge in [-0.3, -0.25) is 4.55 Å². The summed E-state index contributed by atoms with van der Waals surface area (Å²) >= 11 is 1.69. The van der Waals surface area contributed by atoms with Crippen molar-refractivity contribution in [1.82, 2.24) is 0 Å². The van der Waals surface area contributed by atoms with E-state index in [2.05, 4.69) is 10.6 Å². The van der Waals surface area contributed by atoms with E-state index in [9.17, 15) is 8.42 Å². The van der Waals surface area contributed by atoms with Gasteiger partial charge in [-0.2, -0.15) is 13.0 Å². The summed E-state index contributed by atoms with van der Waals surface area (Å²) in [4.78, 5) is 0. The minimum atomic E-state index is -3.93. The molecule has 0 saturated carbocycles. The van der Waals surface area contributed by atoms with Gasteiger partial charge in [-0.15, -0.1) is 0 Å². The van der Waals surface area contributed by atoms with E-state index >= 15 is 0 Å². The second-order valence-corrected chi connectivity index (χ2v) is 7.42. The fraction of sp³-hybridized carbons (Fsp3) is 0.417. The van der Waals surface area contributed by atoms with Crippen molar-refractivity contribution in [1.29, 1.82) is 0 Å². The van der Waals surface area contributed by atoms with E-state index in [0.717, 1.165) is 10.5 Å². The van der Waals surface area contributed by atoms with Gasteiger partial charge < -0.3 is 0 Å². The Hall–Kier alpha value is -0.980. The van der Waals surface area contributed by atoms with Crippen molar-refractivity contribution in [2.24, 2.45) is 0 Å². The number of hydrogen-bond donors (Lipinski definition) is 1. The molecule has 2 rings (SSSR count). The minimum absolute atomic E-state index is 0.408. The molecule has 98 valence electrons. The lowest BCUT2D eigenvalue weighted by Gasteiger charge is -2.04. The lowest BCUT2D eigenvalue weighted by molar-refractivity contribution is -0.673. The molecule has 4 nitrogen and oxygen atoms in total. The third-order valence-corrected chi connectivity index (χ3v) is 5.40. The second-order valence-electron chi connectivity index (χ2n) is 4.35. The van der Waals surface area contributed by atoms with Gasteiger partial charge >= 0.3 is 0 Å². The van der Waals surface area contributed by atoms with Crippen molar-refractivity contribution < 1.29 is 17.5 Å². The average Bonchev–Trinajstić information content (AvgIpc) is 2.60. The molecule has 1 aromatic heterocycles. The van der Waals surface area contributed by atoms with Crippen LogP contribution in [-0.2, 0) is 16.7 Å². The van der Waals surface area contributed by atoms with Crippen LogP contribution in [0.2, 0.25) is 0 Å². The van der Waals surface area contributed by atoms with Crippen LogP contribution in [0.4, 0.5) is 0 Å². The van der Waals surface area contributed by atoms with E-state index in [4.69, 9.17) is 4.55 Å². The van der Waals surface area contributed by atoms with Crippen LogP contribution >= 0.6 is 11.3 Å². The van der Waals surface area contributed by atoms with Crippen LogP contribution in [0.1, 0.15) is 18.4 Å². The molecule has 18 heavy (non-hydrogen) atoms. The maximum Gasteiger partial charge on any atom is 0.267 e. The molecule has 0 radical (unpaired) electrons. The molecule has 0 aliphatic carbocycles. The maximum absolute atomic E-state index is 11.0. The summed E-state index contributed by atoms with van der Waals surface area (Å²) < 4.78 is 34.2. The second kappa shape index (κ2) is 4.95. The molecule has 0 aliphatic rings. The minimum Gasteiger partial charge on any atom is -0.285 e. The lowest BCUT2D eigenvalue weighted by atomic mass is 10.3. The van der Waals surface area contributed by atoms with Crippen molar-refractivity contribution in [3.8, 4) is 0 Å². The molecule has 1 aromatic carbocycles. The van der Waals surface area contributed by atoms with E-state index in [1.807, 2.05) is 25.1 Å². The highest BCUT2D eigenvalue weighted by atomic mass is 32.2. The van der Waals surface area contributed by atoms with E-state index in [1.165, 1.54) is 11.6 Å². The summed E-state index contributed by atoms with van der Waals surface area (Å²) in [5.41, 5.74) is 1.11. The molecule has 6 heteroatoms. The highest BCUT2D eigenvalue weighted by Crippen LogP contribution is 2.19. The normalized spacial score (nSPS) is 13.9. The number of aromatic nitrogens is 1. The monoisotopic (exact) mass is 286 g/mol. The van der Waals surface area contributed by atoms with Gasteiger partial charge in [0.05, 0.1) is 5.25 Å². The van der Waals surface area contributed by atoms with E-state index in [0.29, 0.717) is 13.0 Å². The summed E-state index contributed by atoms with van der Waals surface area (Å²) in [5, 5.41) is 0.404. The zero-order valence-corrected chi connectivity index (χ0v) is 12.0. The molecule has 1 atom stereocenters. The van der Waals surface area contributed by atoms with Crippen LogP contribution in [-0.4, -0.2) is 18.2 Å². The first kappa shape index (κ1) is 13.5. The van der Waals surface area contributed by atoms with Gasteiger partial charge in [0.2, 0.25) is 10.5 Å². The third kappa shape index (κ3) is 2.71. The first-order chi connectivity index (χ1) is 8.39. The fourth-order valence-electron chi connectivity index (χ4n) is 1.89. The molecule has 2 aromatic rings. The Balaban J connectivity index is 2.25. The van der Waals surface area contributed by atoms with Crippen LogP contribution in [0, 0.1) is 6.92 Å². The van der Waals surface area contributed by atoms with E-state index in [1.54, 1.807) is 11.3 Å². The number of hydrogen-bond acceptors (Lipinski definition) is 3. The van der Waals surface area contributed by atoms with Gasteiger partial charge in [0, 0.05) is 19.4 Å². The molecule has 0 saturated heterocycles. The molecule has 1 heterocycles. The van der Waals surface area contributed by atoms with Crippen molar-refractivity contribution in [3.05, 3.63) is 29.3 Å². The predicted molar refractivity (Wildman–Crippen MR) is 72.4 cm³/mol. The third-order valence-electron chi connectivity index (χ3n) is 3.06. The molecule has 0 fully saturated rings. The number of fused-ring (bicyclic) bond motifs is 1. The highest BCUT2D eigenvalue weighted by molar-refractivity contribution is 7.86. The number of thiazole rings is 1. The topological polar surface area (TPSA) is 58.2 Å². The molecule has 0 bridgehead atoms. The molecular weight excluding hydrogens is 270 g/mol. The standard InChI is InChI=1S/C12H15NO3S2/c1-9(18(14,15)16)7-8-13-10(2)17-12-6-4-3-5-11(12)13/h3-6,9H,7-8H2,1-2H3/p+1/t9-/m1/s1. The maximum atomic E-state index is 11.0. The zero-order valence-electron chi connectivity index (χ0n) is 10.3. The van der Waals surface area contributed by atoms with Gasteiger partial charge in [0.15, 0.2) is 6.54 Å². The van der Waals surface area contributed by atoms with Gasteiger partial charge in [-0.05, 0) is 13.0 Å². The van der Waals surface area contributed by atoms with Crippen LogP contribution in [0.5, 0.6) is 0 Å². The van der Waals surface area contributed by atoms with E-state index < -0.39 is 15.4 Å². The number of para-hydroxylation sites is 1. The van der Waals surface area contributed by atoms with Gasteiger partial charge in [0.25, 0.3) is 10.1 Å². The summed E-state index contributed by atoms with van der Waals surface area (Å²) in [5.74, 6) is 0. The van der Waals surface area contributed by atoms with Crippen molar-refractivity contribution in [2.75, 3.05) is 0 Å². The van der Waals surface area contributed by atoms with Crippen molar-refractivity contribution >= 4 is 31.7 Å². The van der Waals surface area contributed by atoms with Gasteiger partial charge in [-0.1, -0.05) is 23.5 Å². The lowest BCUT2D eigenvalue weighted by Crippen LogP contribution is -2.37. The number of nitrogens with zero attached hydrogens (tertiary/aromatic N) is 1. The largest absolute Gasteiger partial charge is 0.285 e. The van der Waals surface area contributed by atoms with Gasteiger partial charge in [-0.25, -0.2) is 0 Å². The quantitative estimate of drug-likeness (QED) is 0.692. The molecule has 0 amide bonds. The Morgan fingerprint density at radius 2 is 2.06 bits per heavy atom. The van der Waals surface area contributed by atoms with Gasteiger partial charge in [0.1, 0.15) is 4.70 Å².